The molecule has 6 nitrogen and oxygen atoms in total. The maximum Gasteiger partial charge on any atom is 0.271 e. The van der Waals surface area contributed by atoms with E-state index in [1.165, 1.54) is 12.1 Å². The van der Waals surface area contributed by atoms with Crippen LogP contribution in [0.1, 0.15) is 23.6 Å². The van der Waals surface area contributed by atoms with Gasteiger partial charge in [0.1, 0.15) is 5.75 Å². The smallest absolute Gasteiger partial charge is 0.271 e. The summed E-state index contributed by atoms with van der Waals surface area (Å²) >= 11 is 0. The number of nitrogens with one attached hydrogen (secondary N) is 1. The monoisotopic (exact) mass is 328 g/mol. The standard InChI is InChI=1S/C18H20N2O4/c1-11-6-5-7-17(13(11)3)24-14(4)18(21)19-16-10-15(20(22)23)9-8-12(16)2/h5-10,14H,1-4H3,(H,19,21)/t14-/m1/s1. The number of hydrogen-bond donors (Lipinski definition) is 1. The average Bonchev–Trinajstić information content (AvgIpc) is 2.53. The van der Waals surface area contributed by atoms with Gasteiger partial charge in [-0.25, -0.2) is 0 Å². The van der Waals surface area contributed by atoms with Gasteiger partial charge in [-0.05, 0) is 50.5 Å². The lowest BCUT2D eigenvalue weighted by atomic mass is 10.1. The van der Waals surface area contributed by atoms with Crippen molar-refractivity contribution < 1.29 is 14.5 Å². The van der Waals surface area contributed by atoms with Crippen molar-refractivity contribution in [2.45, 2.75) is 33.8 Å². The molecule has 24 heavy (non-hydrogen) atoms. The fourth-order valence-corrected chi connectivity index (χ4v) is 2.19. The number of carbonyl (C=O) groups excluding carboxylic acids is 1. The van der Waals surface area contributed by atoms with E-state index in [1.54, 1.807) is 19.9 Å². The molecular formula is C18H20N2O4. The first-order valence-corrected chi connectivity index (χ1v) is 7.58. The molecule has 1 atom stereocenters. The highest BCUT2D eigenvalue weighted by atomic mass is 16.6. The van der Waals surface area contributed by atoms with Crippen molar-refractivity contribution in [3.8, 4) is 5.75 Å². The molecule has 2 aromatic rings. The van der Waals surface area contributed by atoms with Crippen molar-refractivity contribution in [2.24, 2.45) is 0 Å². The molecule has 0 unspecified atom stereocenters. The Bertz CT molecular complexity index is 787. The van der Waals surface area contributed by atoms with Gasteiger partial charge in [0.05, 0.1) is 10.6 Å². The van der Waals surface area contributed by atoms with Crippen LogP contribution in [0.15, 0.2) is 36.4 Å². The van der Waals surface area contributed by atoms with Crippen molar-refractivity contribution in [2.75, 3.05) is 5.32 Å². The first-order valence-electron chi connectivity index (χ1n) is 7.58. The van der Waals surface area contributed by atoms with Gasteiger partial charge in [-0.1, -0.05) is 18.2 Å². The molecule has 0 fully saturated rings. The second-order valence-corrected chi connectivity index (χ2v) is 5.70. The molecule has 0 aliphatic heterocycles. The van der Waals surface area contributed by atoms with Crippen LogP contribution in [0.4, 0.5) is 11.4 Å². The Morgan fingerprint density at radius 3 is 2.54 bits per heavy atom. The number of nitro groups is 1. The fourth-order valence-electron chi connectivity index (χ4n) is 2.19. The van der Waals surface area contributed by atoms with E-state index in [1.807, 2.05) is 32.0 Å². The molecule has 0 bridgehead atoms. The van der Waals surface area contributed by atoms with Crippen LogP contribution in [0.2, 0.25) is 0 Å². The molecule has 0 saturated carbocycles. The number of rotatable bonds is 5. The SMILES string of the molecule is Cc1ccc([N+](=O)[O-])cc1NC(=O)[C@@H](C)Oc1cccc(C)c1C. The van der Waals surface area contributed by atoms with Gasteiger partial charge in [0.2, 0.25) is 0 Å². The van der Waals surface area contributed by atoms with Gasteiger partial charge in [-0.2, -0.15) is 0 Å². The number of ether oxygens (including phenoxy) is 1. The summed E-state index contributed by atoms with van der Waals surface area (Å²) < 4.78 is 5.73. The lowest BCUT2D eigenvalue weighted by Gasteiger charge is -2.17. The normalized spacial score (nSPS) is 11.7. The minimum atomic E-state index is -0.732. The number of hydrogen-bond acceptors (Lipinski definition) is 4. The number of carbonyl (C=O) groups is 1. The van der Waals surface area contributed by atoms with Crippen LogP contribution in [0.5, 0.6) is 5.75 Å². The molecule has 1 N–H and O–H groups in total. The first-order chi connectivity index (χ1) is 11.3. The molecule has 2 aromatic carbocycles. The summed E-state index contributed by atoms with van der Waals surface area (Å²) in [4.78, 5) is 22.7. The Labute approximate surface area is 140 Å². The van der Waals surface area contributed by atoms with Crippen LogP contribution in [0.25, 0.3) is 0 Å². The van der Waals surface area contributed by atoms with Crippen molar-refractivity contribution >= 4 is 17.3 Å². The molecule has 0 saturated heterocycles. The third kappa shape index (κ3) is 3.90. The Balaban J connectivity index is 2.13. The summed E-state index contributed by atoms with van der Waals surface area (Å²) in [5.74, 6) is 0.285. The summed E-state index contributed by atoms with van der Waals surface area (Å²) in [6.07, 6.45) is -0.732. The highest BCUT2D eigenvalue weighted by Gasteiger charge is 2.18. The highest BCUT2D eigenvalue weighted by Crippen LogP contribution is 2.24. The second kappa shape index (κ2) is 7.12. The molecule has 2 rings (SSSR count). The van der Waals surface area contributed by atoms with Gasteiger partial charge < -0.3 is 10.1 Å². The number of amides is 1. The second-order valence-electron chi connectivity index (χ2n) is 5.70. The maximum absolute atomic E-state index is 12.3. The number of aryl methyl sites for hydroxylation is 2. The van der Waals surface area contributed by atoms with Crippen molar-refractivity contribution in [3.63, 3.8) is 0 Å². The fraction of sp³-hybridized carbons (Fsp3) is 0.278. The van der Waals surface area contributed by atoms with Gasteiger partial charge in [-0.3, -0.25) is 14.9 Å². The molecule has 0 heterocycles. The summed E-state index contributed by atoms with van der Waals surface area (Å²) in [6.45, 7) is 7.32. The Hall–Kier alpha value is -2.89. The molecule has 0 aliphatic rings. The van der Waals surface area contributed by atoms with Gasteiger partial charge in [-0.15, -0.1) is 0 Å². The topological polar surface area (TPSA) is 81.5 Å². The van der Waals surface area contributed by atoms with Gasteiger partial charge in [0, 0.05) is 12.1 Å². The minimum Gasteiger partial charge on any atom is -0.481 e. The predicted molar refractivity (Wildman–Crippen MR) is 92.5 cm³/mol. The zero-order valence-electron chi connectivity index (χ0n) is 14.1. The zero-order chi connectivity index (χ0) is 17.9. The summed E-state index contributed by atoms with van der Waals surface area (Å²) in [7, 11) is 0. The van der Waals surface area contributed by atoms with E-state index in [2.05, 4.69) is 5.32 Å². The molecular weight excluding hydrogens is 308 g/mol. The van der Waals surface area contributed by atoms with E-state index >= 15 is 0 Å². The highest BCUT2D eigenvalue weighted by molar-refractivity contribution is 5.95. The van der Waals surface area contributed by atoms with E-state index in [0.29, 0.717) is 11.4 Å². The lowest BCUT2D eigenvalue weighted by Crippen LogP contribution is -2.30. The molecule has 6 heteroatoms. The van der Waals surface area contributed by atoms with E-state index in [-0.39, 0.29) is 11.6 Å². The van der Waals surface area contributed by atoms with E-state index in [4.69, 9.17) is 4.74 Å². The van der Waals surface area contributed by atoms with Gasteiger partial charge >= 0.3 is 0 Å². The van der Waals surface area contributed by atoms with Crippen molar-refractivity contribution in [3.05, 3.63) is 63.2 Å². The van der Waals surface area contributed by atoms with Crippen LogP contribution >= 0.6 is 0 Å². The van der Waals surface area contributed by atoms with E-state index < -0.39 is 11.0 Å². The number of non-ortho nitro benzene ring substituents is 1. The Morgan fingerprint density at radius 2 is 1.88 bits per heavy atom. The molecule has 0 radical (unpaired) electrons. The Kier molecular flexibility index (Phi) is 5.18. The van der Waals surface area contributed by atoms with Gasteiger partial charge in [0.15, 0.2) is 6.10 Å². The quantitative estimate of drug-likeness (QED) is 0.666. The van der Waals surface area contributed by atoms with Crippen LogP contribution < -0.4 is 10.1 Å². The number of anilines is 1. The van der Waals surface area contributed by atoms with Crippen molar-refractivity contribution in [1.82, 2.24) is 0 Å². The average molecular weight is 328 g/mol. The third-order valence-electron chi connectivity index (χ3n) is 3.92. The minimum absolute atomic E-state index is 0.0704. The Morgan fingerprint density at radius 1 is 1.17 bits per heavy atom. The number of benzene rings is 2. The molecule has 0 aromatic heterocycles. The van der Waals surface area contributed by atoms with Crippen LogP contribution in [-0.2, 0) is 4.79 Å². The first kappa shape index (κ1) is 17.5. The molecule has 0 aliphatic carbocycles. The van der Waals surface area contributed by atoms with Crippen LogP contribution in [0.3, 0.4) is 0 Å². The van der Waals surface area contributed by atoms with Crippen LogP contribution in [0, 0.1) is 30.9 Å². The van der Waals surface area contributed by atoms with E-state index in [0.717, 1.165) is 16.7 Å². The zero-order valence-corrected chi connectivity index (χ0v) is 14.1. The number of nitro benzene ring substituents is 1. The summed E-state index contributed by atoms with van der Waals surface area (Å²) in [5, 5.41) is 13.6. The predicted octanol–water partition coefficient (Wildman–Crippen LogP) is 3.93. The summed E-state index contributed by atoms with van der Waals surface area (Å²) in [5.41, 5.74) is 3.14. The van der Waals surface area contributed by atoms with Gasteiger partial charge in [0.25, 0.3) is 11.6 Å². The molecule has 126 valence electrons. The molecule has 0 spiro atoms. The van der Waals surface area contributed by atoms with Crippen LogP contribution in [-0.4, -0.2) is 16.9 Å². The summed E-state index contributed by atoms with van der Waals surface area (Å²) in [6, 6.07) is 10.00. The van der Waals surface area contributed by atoms with E-state index in [9.17, 15) is 14.9 Å². The molecule has 1 amide bonds. The number of nitrogens with zero attached hydrogens (tertiary/aromatic N) is 1. The lowest BCUT2D eigenvalue weighted by molar-refractivity contribution is -0.384. The van der Waals surface area contributed by atoms with Crippen molar-refractivity contribution in [1.29, 1.82) is 0 Å². The largest absolute Gasteiger partial charge is 0.481 e. The third-order valence-corrected chi connectivity index (χ3v) is 3.92. The maximum atomic E-state index is 12.3.